The van der Waals surface area contributed by atoms with Gasteiger partial charge >= 0.3 is 5.97 Å². The minimum atomic E-state index is -0.671. The fourth-order valence-corrected chi connectivity index (χ4v) is 3.02. The Morgan fingerprint density at radius 1 is 1.18 bits per heavy atom. The zero-order valence-corrected chi connectivity index (χ0v) is 15.6. The molecule has 146 valence electrons. The third kappa shape index (κ3) is 4.19. The molecule has 0 aliphatic carbocycles. The maximum absolute atomic E-state index is 13.7. The number of esters is 1. The number of amides is 1. The number of rotatable bonds is 6. The molecule has 6 nitrogen and oxygen atoms in total. The number of halogens is 1. The van der Waals surface area contributed by atoms with Gasteiger partial charge in [-0.25, -0.2) is 4.39 Å². The van der Waals surface area contributed by atoms with Crippen LogP contribution in [0, 0.1) is 18.7 Å². The van der Waals surface area contributed by atoms with Crippen LogP contribution < -0.4 is 9.64 Å². The molecule has 3 rings (SSSR count). The fourth-order valence-electron chi connectivity index (χ4n) is 3.02. The predicted octanol–water partition coefficient (Wildman–Crippen LogP) is 2.92. The number of carbonyl (C=O) groups excluding carboxylic acids is 3. The Hall–Kier alpha value is -3.22. The lowest BCUT2D eigenvalue weighted by Gasteiger charge is -2.16. The normalized spacial score (nSPS) is 16.2. The molecule has 2 aromatic carbocycles. The van der Waals surface area contributed by atoms with E-state index in [1.54, 1.807) is 0 Å². The number of hydrogen-bond donors (Lipinski definition) is 0. The Kier molecular flexibility index (Phi) is 5.73. The summed E-state index contributed by atoms with van der Waals surface area (Å²) in [6, 6.07) is 11.2. The zero-order valence-electron chi connectivity index (χ0n) is 15.6. The van der Waals surface area contributed by atoms with E-state index < -0.39 is 30.1 Å². The molecule has 7 heteroatoms. The van der Waals surface area contributed by atoms with E-state index in [-0.39, 0.29) is 30.2 Å². The van der Waals surface area contributed by atoms with Gasteiger partial charge in [-0.3, -0.25) is 14.4 Å². The van der Waals surface area contributed by atoms with Crippen molar-refractivity contribution in [3.05, 3.63) is 59.4 Å². The monoisotopic (exact) mass is 385 g/mol. The Morgan fingerprint density at radius 2 is 1.89 bits per heavy atom. The summed E-state index contributed by atoms with van der Waals surface area (Å²) >= 11 is 0. The fraction of sp³-hybridized carbons (Fsp3) is 0.286. The SMILES string of the molecule is COc1ccc(C(=O)COC(=O)[C@@H]2CC(=O)N(c3ccc(C)cc3)C2)cc1F. The third-order valence-electron chi connectivity index (χ3n) is 4.62. The van der Waals surface area contributed by atoms with Crippen LogP contribution >= 0.6 is 0 Å². The molecule has 0 unspecified atom stereocenters. The van der Waals surface area contributed by atoms with Gasteiger partial charge < -0.3 is 14.4 Å². The molecule has 1 aliphatic rings. The first kappa shape index (κ1) is 19.5. The third-order valence-corrected chi connectivity index (χ3v) is 4.62. The number of hydrogen-bond acceptors (Lipinski definition) is 5. The molecule has 0 saturated carbocycles. The van der Waals surface area contributed by atoms with Crippen molar-refractivity contribution in [2.24, 2.45) is 5.92 Å². The first-order chi connectivity index (χ1) is 13.4. The van der Waals surface area contributed by atoms with Crippen molar-refractivity contribution < 1.29 is 28.2 Å². The summed E-state index contributed by atoms with van der Waals surface area (Å²) in [5, 5.41) is 0. The van der Waals surface area contributed by atoms with E-state index in [1.165, 1.54) is 24.1 Å². The highest BCUT2D eigenvalue weighted by Gasteiger charge is 2.36. The molecule has 28 heavy (non-hydrogen) atoms. The summed E-state index contributed by atoms with van der Waals surface area (Å²) in [5.41, 5.74) is 1.87. The van der Waals surface area contributed by atoms with E-state index in [9.17, 15) is 18.8 Å². The van der Waals surface area contributed by atoms with Gasteiger partial charge in [0, 0.05) is 24.2 Å². The van der Waals surface area contributed by atoms with Gasteiger partial charge in [0.25, 0.3) is 0 Å². The highest BCUT2D eigenvalue weighted by Crippen LogP contribution is 2.26. The maximum Gasteiger partial charge on any atom is 0.311 e. The maximum atomic E-state index is 13.7. The molecular formula is C21H20FNO5. The Morgan fingerprint density at radius 3 is 2.54 bits per heavy atom. The quantitative estimate of drug-likeness (QED) is 0.565. The number of ether oxygens (including phenoxy) is 2. The molecule has 0 N–H and O–H groups in total. The van der Waals surface area contributed by atoms with Crippen LogP contribution in [0.4, 0.5) is 10.1 Å². The average molecular weight is 385 g/mol. The number of Topliss-reactive ketones (excluding diaryl/α,β-unsaturated/α-hetero) is 1. The zero-order chi connectivity index (χ0) is 20.3. The van der Waals surface area contributed by atoms with Crippen molar-refractivity contribution >= 4 is 23.3 Å². The van der Waals surface area contributed by atoms with E-state index in [0.29, 0.717) is 0 Å². The highest BCUT2D eigenvalue weighted by atomic mass is 19.1. The van der Waals surface area contributed by atoms with E-state index >= 15 is 0 Å². The summed E-state index contributed by atoms with van der Waals surface area (Å²) < 4.78 is 23.6. The highest BCUT2D eigenvalue weighted by molar-refractivity contribution is 6.01. The molecule has 1 aliphatic heterocycles. The number of ketones is 1. The van der Waals surface area contributed by atoms with Crippen LogP contribution in [0.5, 0.6) is 5.75 Å². The lowest BCUT2D eigenvalue weighted by molar-refractivity contribution is -0.147. The number of benzene rings is 2. The van der Waals surface area contributed by atoms with E-state index in [0.717, 1.165) is 17.3 Å². The van der Waals surface area contributed by atoms with Gasteiger partial charge in [0.2, 0.25) is 5.91 Å². The van der Waals surface area contributed by atoms with Gasteiger partial charge in [-0.2, -0.15) is 0 Å². The second-order valence-electron chi connectivity index (χ2n) is 6.62. The molecule has 1 atom stereocenters. The van der Waals surface area contributed by atoms with E-state index in [1.807, 2.05) is 31.2 Å². The molecule has 0 radical (unpaired) electrons. The van der Waals surface area contributed by atoms with Gasteiger partial charge in [0.1, 0.15) is 0 Å². The number of carbonyl (C=O) groups is 3. The molecule has 0 bridgehead atoms. The summed E-state index contributed by atoms with van der Waals surface area (Å²) in [6.07, 6.45) is 0.0259. The van der Waals surface area contributed by atoms with Crippen LogP contribution in [0.15, 0.2) is 42.5 Å². The van der Waals surface area contributed by atoms with Crippen LogP contribution in [-0.4, -0.2) is 37.9 Å². The van der Waals surface area contributed by atoms with Crippen molar-refractivity contribution in [3.63, 3.8) is 0 Å². The number of anilines is 1. The Balaban J connectivity index is 1.58. The lowest BCUT2D eigenvalue weighted by Crippen LogP contribution is -2.27. The van der Waals surface area contributed by atoms with Crippen LogP contribution in [0.1, 0.15) is 22.3 Å². The minimum absolute atomic E-state index is 0.0224. The van der Waals surface area contributed by atoms with Gasteiger partial charge in [-0.1, -0.05) is 17.7 Å². The van der Waals surface area contributed by atoms with E-state index in [2.05, 4.69) is 0 Å². The van der Waals surface area contributed by atoms with Crippen molar-refractivity contribution in [1.82, 2.24) is 0 Å². The number of methoxy groups -OCH3 is 1. The smallest absolute Gasteiger partial charge is 0.311 e. The van der Waals surface area contributed by atoms with Crippen LogP contribution in [0.25, 0.3) is 0 Å². The molecule has 0 spiro atoms. The summed E-state index contributed by atoms with van der Waals surface area (Å²) in [4.78, 5) is 38.2. The molecular weight excluding hydrogens is 365 g/mol. The first-order valence-electron chi connectivity index (χ1n) is 8.79. The first-order valence-corrected chi connectivity index (χ1v) is 8.79. The largest absolute Gasteiger partial charge is 0.494 e. The van der Waals surface area contributed by atoms with Gasteiger partial charge in [-0.05, 0) is 37.3 Å². The molecule has 2 aromatic rings. The van der Waals surface area contributed by atoms with Crippen LogP contribution in [0.3, 0.4) is 0 Å². The Labute approximate surface area is 161 Å². The molecule has 1 heterocycles. The van der Waals surface area contributed by atoms with E-state index in [4.69, 9.17) is 9.47 Å². The molecule has 1 fully saturated rings. The van der Waals surface area contributed by atoms with Crippen LogP contribution in [-0.2, 0) is 14.3 Å². The summed E-state index contributed by atoms with van der Waals surface area (Å²) in [6.45, 7) is 1.63. The van der Waals surface area contributed by atoms with Crippen molar-refractivity contribution in [3.8, 4) is 5.75 Å². The molecule has 0 aromatic heterocycles. The van der Waals surface area contributed by atoms with Crippen molar-refractivity contribution in [2.75, 3.05) is 25.2 Å². The second-order valence-corrected chi connectivity index (χ2v) is 6.62. The molecule has 1 saturated heterocycles. The Bertz CT molecular complexity index is 910. The van der Waals surface area contributed by atoms with Gasteiger partial charge in [0.05, 0.1) is 13.0 Å². The van der Waals surface area contributed by atoms with Crippen molar-refractivity contribution in [1.29, 1.82) is 0 Å². The predicted molar refractivity (Wildman–Crippen MR) is 99.9 cm³/mol. The number of aryl methyl sites for hydroxylation is 1. The minimum Gasteiger partial charge on any atom is -0.494 e. The standard InChI is InChI=1S/C21H20FNO5/c1-13-3-6-16(7-4-13)23-11-15(10-20(23)25)21(26)28-12-18(24)14-5-8-19(27-2)17(22)9-14/h3-9,15H,10-12H2,1-2H3/t15-/m1/s1. The number of nitrogens with zero attached hydrogens (tertiary/aromatic N) is 1. The second kappa shape index (κ2) is 8.21. The average Bonchev–Trinajstić information content (AvgIpc) is 3.08. The van der Waals surface area contributed by atoms with Crippen LogP contribution in [0.2, 0.25) is 0 Å². The van der Waals surface area contributed by atoms with Gasteiger partial charge in [0.15, 0.2) is 24.0 Å². The topological polar surface area (TPSA) is 72.9 Å². The summed E-state index contributed by atoms with van der Waals surface area (Å²) in [5.74, 6) is -2.62. The summed E-state index contributed by atoms with van der Waals surface area (Å²) in [7, 11) is 1.32. The lowest BCUT2D eigenvalue weighted by atomic mass is 10.1. The molecule has 1 amide bonds. The van der Waals surface area contributed by atoms with Crippen molar-refractivity contribution in [2.45, 2.75) is 13.3 Å². The van der Waals surface area contributed by atoms with Gasteiger partial charge in [-0.15, -0.1) is 0 Å².